The molecular formula is C20H23N5O2. The Morgan fingerprint density at radius 3 is 2.67 bits per heavy atom. The van der Waals surface area contributed by atoms with Crippen molar-refractivity contribution in [3.63, 3.8) is 0 Å². The molecule has 2 N–H and O–H groups in total. The maximum atomic E-state index is 13.0. The fraction of sp³-hybridized carbons (Fsp3) is 0.350. The lowest BCUT2D eigenvalue weighted by molar-refractivity contribution is 0.0420. The Bertz CT molecular complexity index is 909. The van der Waals surface area contributed by atoms with E-state index in [4.69, 9.17) is 0 Å². The second kappa shape index (κ2) is 7.36. The molecule has 2 aromatic heterocycles. The van der Waals surface area contributed by atoms with E-state index < -0.39 is 6.10 Å². The van der Waals surface area contributed by atoms with Gasteiger partial charge in [0, 0.05) is 38.1 Å². The van der Waals surface area contributed by atoms with Crippen molar-refractivity contribution in [2.24, 2.45) is 13.0 Å². The lowest BCUT2D eigenvalue weighted by atomic mass is 9.90. The molecule has 7 nitrogen and oxygen atoms in total. The van der Waals surface area contributed by atoms with Crippen LogP contribution in [0.25, 0.3) is 11.3 Å². The highest BCUT2D eigenvalue weighted by atomic mass is 16.3. The Morgan fingerprint density at radius 1 is 1.26 bits per heavy atom. The predicted octanol–water partition coefficient (Wildman–Crippen LogP) is 2.40. The molecule has 27 heavy (non-hydrogen) atoms. The van der Waals surface area contributed by atoms with Gasteiger partial charge in [-0.2, -0.15) is 5.10 Å². The molecule has 0 unspecified atom stereocenters. The van der Waals surface area contributed by atoms with Crippen LogP contribution in [0.4, 0.5) is 0 Å². The number of likely N-dealkylation sites (tertiary alicyclic amines) is 1. The molecule has 1 fully saturated rings. The van der Waals surface area contributed by atoms with Crippen molar-refractivity contribution in [1.82, 2.24) is 24.6 Å². The number of imidazole rings is 1. The van der Waals surface area contributed by atoms with E-state index in [9.17, 15) is 9.90 Å². The van der Waals surface area contributed by atoms with E-state index in [-0.39, 0.29) is 11.8 Å². The van der Waals surface area contributed by atoms with Crippen LogP contribution in [0.2, 0.25) is 0 Å². The maximum Gasteiger partial charge on any atom is 0.257 e. The predicted molar refractivity (Wildman–Crippen MR) is 101 cm³/mol. The van der Waals surface area contributed by atoms with E-state index in [0.717, 1.165) is 24.1 Å². The topological polar surface area (TPSA) is 87.0 Å². The van der Waals surface area contributed by atoms with Crippen LogP contribution in [-0.2, 0) is 7.05 Å². The van der Waals surface area contributed by atoms with E-state index >= 15 is 0 Å². The van der Waals surface area contributed by atoms with E-state index in [0.29, 0.717) is 24.5 Å². The van der Waals surface area contributed by atoms with Crippen LogP contribution in [0.15, 0.2) is 48.9 Å². The Labute approximate surface area is 157 Å². The minimum absolute atomic E-state index is 0.0208. The molecule has 1 aromatic carbocycles. The summed E-state index contributed by atoms with van der Waals surface area (Å²) in [6, 6.07) is 9.74. The van der Waals surface area contributed by atoms with Crippen molar-refractivity contribution in [3.05, 3.63) is 60.3 Å². The van der Waals surface area contributed by atoms with Gasteiger partial charge in [-0.25, -0.2) is 4.98 Å². The first kappa shape index (κ1) is 17.5. The number of nitrogens with one attached hydrogen (secondary N) is 1. The van der Waals surface area contributed by atoms with Gasteiger partial charge in [-0.15, -0.1) is 0 Å². The van der Waals surface area contributed by atoms with Gasteiger partial charge in [-0.3, -0.25) is 9.89 Å². The summed E-state index contributed by atoms with van der Waals surface area (Å²) in [7, 11) is 1.88. The first-order valence-corrected chi connectivity index (χ1v) is 9.18. The van der Waals surface area contributed by atoms with E-state index in [1.807, 2.05) is 53.0 Å². The molecule has 4 rings (SSSR count). The van der Waals surface area contributed by atoms with Gasteiger partial charge in [-0.1, -0.05) is 30.3 Å². The summed E-state index contributed by atoms with van der Waals surface area (Å²) in [5, 5.41) is 17.6. The summed E-state index contributed by atoms with van der Waals surface area (Å²) in [5.41, 5.74) is 2.28. The van der Waals surface area contributed by atoms with Gasteiger partial charge >= 0.3 is 0 Å². The van der Waals surface area contributed by atoms with Crippen LogP contribution in [0.5, 0.6) is 0 Å². The molecule has 3 heterocycles. The van der Waals surface area contributed by atoms with Crippen molar-refractivity contribution < 1.29 is 9.90 Å². The average molecular weight is 365 g/mol. The molecule has 0 aliphatic carbocycles. The first-order chi connectivity index (χ1) is 13.1. The number of aliphatic hydroxyl groups is 1. The van der Waals surface area contributed by atoms with E-state index in [1.165, 1.54) is 0 Å². The van der Waals surface area contributed by atoms with Gasteiger partial charge < -0.3 is 14.6 Å². The molecule has 3 aromatic rings. The molecular weight excluding hydrogens is 342 g/mol. The Balaban J connectivity index is 1.44. The molecule has 1 saturated heterocycles. The molecule has 0 bridgehead atoms. The molecule has 1 aliphatic rings. The number of aromatic amines is 1. The van der Waals surface area contributed by atoms with Crippen molar-refractivity contribution in [2.45, 2.75) is 18.9 Å². The number of hydrogen-bond acceptors (Lipinski definition) is 4. The van der Waals surface area contributed by atoms with Crippen LogP contribution < -0.4 is 0 Å². The second-order valence-corrected chi connectivity index (χ2v) is 7.00. The summed E-state index contributed by atoms with van der Waals surface area (Å²) >= 11 is 0. The number of piperidine rings is 1. The molecule has 0 spiro atoms. The molecule has 0 radical (unpaired) electrons. The molecule has 0 saturated carbocycles. The number of carbonyl (C=O) groups excluding carboxylic acids is 1. The minimum atomic E-state index is -0.601. The van der Waals surface area contributed by atoms with Crippen molar-refractivity contribution in [3.8, 4) is 11.3 Å². The van der Waals surface area contributed by atoms with Gasteiger partial charge in [0.25, 0.3) is 5.91 Å². The zero-order valence-electron chi connectivity index (χ0n) is 15.2. The van der Waals surface area contributed by atoms with E-state index in [2.05, 4.69) is 15.2 Å². The van der Waals surface area contributed by atoms with Gasteiger partial charge in [-0.05, 0) is 18.8 Å². The van der Waals surface area contributed by atoms with Crippen molar-refractivity contribution >= 4 is 5.91 Å². The number of aryl methyl sites for hydroxylation is 1. The third-order valence-corrected chi connectivity index (χ3v) is 5.33. The lowest BCUT2D eigenvalue weighted by Crippen LogP contribution is -2.40. The molecule has 1 aliphatic heterocycles. The first-order valence-electron chi connectivity index (χ1n) is 9.18. The number of aromatic nitrogens is 4. The van der Waals surface area contributed by atoms with Gasteiger partial charge in [0.1, 0.15) is 11.9 Å². The van der Waals surface area contributed by atoms with Crippen LogP contribution in [0.3, 0.4) is 0 Å². The Hall–Kier alpha value is -2.93. The Morgan fingerprint density at radius 2 is 2.00 bits per heavy atom. The molecule has 1 amide bonds. The van der Waals surface area contributed by atoms with Gasteiger partial charge in [0.05, 0.1) is 17.5 Å². The van der Waals surface area contributed by atoms with Crippen LogP contribution in [0.1, 0.15) is 35.1 Å². The number of benzene rings is 1. The number of aliphatic hydroxyl groups excluding tert-OH is 1. The van der Waals surface area contributed by atoms with Crippen LogP contribution in [-0.4, -0.2) is 48.8 Å². The van der Waals surface area contributed by atoms with Crippen LogP contribution >= 0.6 is 0 Å². The van der Waals surface area contributed by atoms with Gasteiger partial charge in [0.2, 0.25) is 0 Å². The molecule has 1 atom stereocenters. The number of hydrogen-bond donors (Lipinski definition) is 2. The monoisotopic (exact) mass is 365 g/mol. The average Bonchev–Trinajstić information content (AvgIpc) is 3.37. The smallest absolute Gasteiger partial charge is 0.257 e. The summed E-state index contributed by atoms with van der Waals surface area (Å²) in [4.78, 5) is 19.1. The minimum Gasteiger partial charge on any atom is -0.385 e. The molecule has 7 heteroatoms. The maximum absolute atomic E-state index is 13.0. The largest absolute Gasteiger partial charge is 0.385 e. The highest BCUT2D eigenvalue weighted by molar-refractivity contribution is 5.99. The van der Waals surface area contributed by atoms with E-state index in [1.54, 1.807) is 12.4 Å². The number of amides is 1. The van der Waals surface area contributed by atoms with Crippen molar-refractivity contribution in [2.75, 3.05) is 13.1 Å². The SMILES string of the molecule is Cn1ccnc1[C@@H](O)C1CCN(C(=O)c2cn[nH]c2-c2ccccc2)CC1. The standard InChI is InChI=1S/C20H23N5O2/c1-24-12-9-21-19(24)18(26)15-7-10-25(11-8-15)20(27)16-13-22-23-17(16)14-5-3-2-4-6-14/h2-6,9,12-13,15,18,26H,7-8,10-11H2,1H3,(H,22,23)/t18-/m0/s1. The summed E-state index contributed by atoms with van der Waals surface area (Å²) in [5.74, 6) is 0.765. The zero-order valence-corrected chi connectivity index (χ0v) is 15.2. The highest BCUT2D eigenvalue weighted by Crippen LogP contribution is 2.31. The lowest BCUT2D eigenvalue weighted by Gasteiger charge is -2.34. The normalized spacial score (nSPS) is 16.4. The third kappa shape index (κ3) is 3.38. The third-order valence-electron chi connectivity index (χ3n) is 5.33. The molecule has 140 valence electrons. The summed E-state index contributed by atoms with van der Waals surface area (Å²) in [6.07, 6.45) is 6.02. The fourth-order valence-corrected chi connectivity index (χ4v) is 3.73. The van der Waals surface area contributed by atoms with Gasteiger partial charge in [0.15, 0.2) is 0 Å². The Kier molecular flexibility index (Phi) is 4.77. The second-order valence-electron chi connectivity index (χ2n) is 7.00. The number of carbonyl (C=O) groups is 1. The summed E-state index contributed by atoms with van der Waals surface area (Å²) < 4.78 is 1.85. The highest BCUT2D eigenvalue weighted by Gasteiger charge is 2.31. The number of H-pyrrole nitrogens is 1. The zero-order chi connectivity index (χ0) is 18.8. The number of nitrogens with zero attached hydrogens (tertiary/aromatic N) is 4. The van der Waals surface area contributed by atoms with Crippen molar-refractivity contribution in [1.29, 1.82) is 0 Å². The fourth-order valence-electron chi connectivity index (χ4n) is 3.73. The number of rotatable bonds is 4. The summed E-state index contributed by atoms with van der Waals surface area (Å²) in [6.45, 7) is 1.23. The quantitative estimate of drug-likeness (QED) is 0.743. The van der Waals surface area contributed by atoms with Crippen LogP contribution in [0, 0.1) is 5.92 Å².